The van der Waals surface area contributed by atoms with Crippen LogP contribution >= 0.6 is 0 Å². The van der Waals surface area contributed by atoms with Crippen LogP contribution in [0.3, 0.4) is 0 Å². The number of carbonyl (C=O) groups excluding carboxylic acids is 1. The van der Waals surface area contributed by atoms with Crippen LogP contribution in [0.2, 0.25) is 0 Å². The average molecular weight is 315 g/mol. The minimum atomic E-state index is -1.45. The Morgan fingerprint density at radius 3 is 2.59 bits per heavy atom. The van der Waals surface area contributed by atoms with Gasteiger partial charge in [0.05, 0.1) is 18.2 Å². The highest BCUT2D eigenvalue weighted by Gasteiger charge is 2.46. The molecule has 1 aromatic rings. The number of amides is 1. The fourth-order valence-electron chi connectivity index (χ4n) is 2.42. The molecule has 1 aliphatic heterocycles. The number of rotatable bonds is 3. The molecule has 22 heavy (non-hydrogen) atoms. The van der Waals surface area contributed by atoms with Crippen molar-refractivity contribution in [2.24, 2.45) is 0 Å². The molecule has 1 amide bonds. The first kappa shape index (κ1) is 16.4. The normalized spacial score (nSPS) is 31.7. The van der Waals surface area contributed by atoms with Gasteiger partial charge in [-0.15, -0.1) is 0 Å². The molecule has 0 saturated carbocycles. The summed E-state index contributed by atoms with van der Waals surface area (Å²) in [5.74, 6) is -0.504. The van der Waals surface area contributed by atoms with Crippen molar-refractivity contribution < 1.29 is 24.9 Å². The summed E-state index contributed by atoms with van der Waals surface area (Å²) in [6.45, 7) is 0.617. The summed E-state index contributed by atoms with van der Waals surface area (Å²) in [5, 5.41) is 31.9. The lowest BCUT2D eigenvalue weighted by Crippen LogP contribution is -2.62. The van der Waals surface area contributed by atoms with Gasteiger partial charge in [0.25, 0.3) is 5.56 Å². The first-order valence-corrected chi connectivity index (χ1v) is 6.56. The van der Waals surface area contributed by atoms with E-state index in [1.54, 1.807) is 0 Å². The second-order valence-electron chi connectivity index (χ2n) is 5.01. The number of aromatic amines is 2. The van der Waals surface area contributed by atoms with E-state index in [-0.39, 0.29) is 5.56 Å². The van der Waals surface area contributed by atoms with Crippen LogP contribution in [-0.4, -0.2) is 62.2 Å². The lowest BCUT2D eigenvalue weighted by molar-refractivity contribution is -0.198. The van der Waals surface area contributed by atoms with Crippen LogP contribution in [0.4, 0.5) is 0 Å². The zero-order valence-corrected chi connectivity index (χ0v) is 11.6. The Bertz CT molecular complexity index is 655. The van der Waals surface area contributed by atoms with Crippen LogP contribution in [0, 0.1) is 0 Å². The monoisotopic (exact) mass is 315 g/mol. The lowest BCUT2D eigenvalue weighted by atomic mass is 9.90. The van der Waals surface area contributed by atoms with Gasteiger partial charge in [0.2, 0.25) is 5.91 Å². The molecule has 2 rings (SSSR count). The van der Waals surface area contributed by atoms with Crippen molar-refractivity contribution in [3.8, 4) is 0 Å². The first-order valence-electron chi connectivity index (χ1n) is 6.56. The van der Waals surface area contributed by atoms with Crippen LogP contribution < -0.4 is 16.6 Å². The molecular weight excluding hydrogens is 298 g/mol. The molecule has 0 spiro atoms. The minimum absolute atomic E-state index is 0.0900. The number of ether oxygens (including phenoxy) is 1. The third-order valence-electron chi connectivity index (χ3n) is 3.45. The van der Waals surface area contributed by atoms with E-state index >= 15 is 0 Å². The topological polar surface area (TPSA) is 165 Å². The van der Waals surface area contributed by atoms with Gasteiger partial charge < -0.3 is 30.4 Å². The van der Waals surface area contributed by atoms with Crippen molar-refractivity contribution >= 4 is 5.91 Å². The predicted octanol–water partition coefficient (Wildman–Crippen LogP) is -3.28. The maximum Gasteiger partial charge on any atom is 0.325 e. The van der Waals surface area contributed by atoms with Crippen molar-refractivity contribution in [1.82, 2.24) is 15.3 Å². The van der Waals surface area contributed by atoms with Crippen molar-refractivity contribution in [3.63, 3.8) is 0 Å². The Labute approximate surface area is 123 Å². The van der Waals surface area contributed by atoms with E-state index in [2.05, 4.69) is 10.3 Å². The summed E-state index contributed by atoms with van der Waals surface area (Å²) in [5.41, 5.74) is -1.59. The summed E-state index contributed by atoms with van der Waals surface area (Å²) in [7, 11) is 0. The minimum Gasteiger partial charge on any atom is -0.394 e. The number of aliphatic hydroxyl groups excluding tert-OH is 3. The molecule has 1 aliphatic rings. The maximum atomic E-state index is 11.8. The number of H-pyrrole nitrogens is 2. The van der Waals surface area contributed by atoms with E-state index in [1.807, 2.05) is 4.98 Å². The van der Waals surface area contributed by atoms with E-state index in [1.165, 1.54) is 6.92 Å². The van der Waals surface area contributed by atoms with Gasteiger partial charge in [0, 0.05) is 13.1 Å². The van der Waals surface area contributed by atoms with E-state index in [0.29, 0.717) is 0 Å². The molecular formula is C12H17N3O7. The smallest absolute Gasteiger partial charge is 0.325 e. The highest BCUT2D eigenvalue weighted by Crippen LogP contribution is 2.30. The number of hydrogen-bond acceptors (Lipinski definition) is 7. The Balaban J connectivity index is 2.39. The van der Waals surface area contributed by atoms with Gasteiger partial charge in [0.15, 0.2) is 0 Å². The van der Waals surface area contributed by atoms with Crippen LogP contribution in [-0.2, 0) is 9.53 Å². The molecule has 1 aromatic heterocycles. The van der Waals surface area contributed by atoms with Crippen LogP contribution in [0.25, 0.3) is 0 Å². The summed E-state index contributed by atoms with van der Waals surface area (Å²) >= 11 is 0. The number of aliphatic hydroxyl groups is 3. The van der Waals surface area contributed by atoms with E-state index in [0.717, 1.165) is 6.20 Å². The predicted molar refractivity (Wildman–Crippen MR) is 72.0 cm³/mol. The van der Waals surface area contributed by atoms with Crippen LogP contribution in [0.5, 0.6) is 0 Å². The SMILES string of the molecule is CC(=O)N[C@H]1[C@H](O)[C@@H](CO)O[C@@H](c2c[nH]c(=O)[nH]c2=O)[C@H]1O. The molecule has 6 N–H and O–H groups in total. The van der Waals surface area contributed by atoms with Gasteiger partial charge in [-0.25, -0.2) is 4.79 Å². The van der Waals surface area contributed by atoms with E-state index in [9.17, 15) is 29.7 Å². The molecule has 0 bridgehead atoms. The zero-order chi connectivity index (χ0) is 16.4. The van der Waals surface area contributed by atoms with Crippen LogP contribution in [0.15, 0.2) is 15.8 Å². The molecule has 10 heteroatoms. The van der Waals surface area contributed by atoms with Crippen molar-refractivity contribution in [1.29, 1.82) is 0 Å². The molecule has 1 saturated heterocycles. The van der Waals surface area contributed by atoms with Gasteiger partial charge in [-0.1, -0.05) is 0 Å². The Morgan fingerprint density at radius 2 is 2.05 bits per heavy atom. The molecule has 2 heterocycles. The van der Waals surface area contributed by atoms with Gasteiger partial charge in [-0.3, -0.25) is 14.6 Å². The fourth-order valence-corrected chi connectivity index (χ4v) is 2.42. The Kier molecular flexibility index (Phi) is 4.76. The second-order valence-corrected chi connectivity index (χ2v) is 5.01. The zero-order valence-electron chi connectivity index (χ0n) is 11.6. The van der Waals surface area contributed by atoms with Crippen molar-refractivity contribution in [2.45, 2.75) is 37.4 Å². The largest absolute Gasteiger partial charge is 0.394 e. The van der Waals surface area contributed by atoms with Gasteiger partial charge in [-0.2, -0.15) is 0 Å². The molecule has 0 aromatic carbocycles. The summed E-state index contributed by atoms with van der Waals surface area (Å²) < 4.78 is 5.34. The fraction of sp³-hybridized carbons (Fsp3) is 0.583. The van der Waals surface area contributed by atoms with Crippen molar-refractivity contribution in [3.05, 3.63) is 32.6 Å². The standard InChI is InChI=1S/C12H17N3O7/c1-4(17)14-7-8(18)6(3-16)22-10(9(7)19)5-2-13-12(21)15-11(5)20/h2,6-10,16,18-19H,3H2,1H3,(H,14,17)(H2,13,15,20,21)/t6-,7+,8-,9+,10+/m1/s1. The first-order chi connectivity index (χ1) is 10.3. The van der Waals surface area contributed by atoms with E-state index in [4.69, 9.17) is 4.74 Å². The Morgan fingerprint density at radius 1 is 1.36 bits per heavy atom. The Hall–Kier alpha value is -2.01. The molecule has 122 valence electrons. The summed E-state index contributed by atoms with van der Waals surface area (Å²) in [6.07, 6.45) is -4.09. The number of aromatic nitrogens is 2. The number of nitrogens with one attached hydrogen (secondary N) is 3. The lowest BCUT2D eigenvalue weighted by Gasteiger charge is -2.42. The molecule has 0 radical (unpaired) electrons. The highest BCUT2D eigenvalue weighted by molar-refractivity contribution is 5.73. The molecule has 10 nitrogen and oxygen atoms in total. The quantitative estimate of drug-likeness (QED) is 0.340. The number of hydrogen-bond donors (Lipinski definition) is 6. The molecule has 0 unspecified atom stereocenters. The van der Waals surface area contributed by atoms with Crippen LogP contribution in [0.1, 0.15) is 18.6 Å². The van der Waals surface area contributed by atoms with Gasteiger partial charge in [0.1, 0.15) is 24.4 Å². The second kappa shape index (κ2) is 6.40. The van der Waals surface area contributed by atoms with E-state index < -0.39 is 54.2 Å². The molecule has 0 aliphatic carbocycles. The van der Waals surface area contributed by atoms with Gasteiger partial charge >= 0.3 is 5.69 Å². The average Bonchev–Trinajstić information content (AvgIpc) is 2.44. The van der Waals surface area contributed by atoms with Gasteiger partial charge in [-0.05, 0) is 0 Å². The molecule has 1 fully saturated rings. The number of carbonyl (C=O) groups is 1. The third-order valence-corrected chi connectivity index (χ3v) is 3.45. The highest BCUT2D eigenvalue weighted by atomic mass is 16.5. The maximum absolute atomic E-state index is 11.8. The third kappa shape index (κ3) is 3.09. The molecule has 5 atom stereocenters. The summed E-state index contributed by atoms with van der Waals surface area (Å²) in [4.78, 5) is 38.3. The summed E-state index contributed by atoms with van der Waals surface area (Å²) in [6, 6.07) is -1.14. The van der Waals surface area contributed by atoms with Crippen molar-refractivity contribution in [2.75, 3.05) is 6.61 Å².